The van der Waals surface area contributed by atoms with Crippen molar-refractivity contribution in [3.63, 3.8) is 0 Å². The van der Waals surface area contributed by atoms with E-state index in [1.54, 1.807) is 6.26 Å². The molecule has 1 aliphatic rings. The molecule has 1 aliphatic heterocycles. The number of furan rings is 1. The number of hydrogen-bond donors (Lipinski definition) is 1. The summed E-state index contributed by atoms with van der Waals surface area (Å²) in [5.74, 6) is 0.885. The molecule has 0 bridgehead atoms. The third kappa shape index (κ3) is 4.80. The lowest BCUT2D eigenvalue weighted by molar-refractivity contribution is 0.0551. The largest absolute Gasteiger partial charge is 0.467 e. The summed E-state index contributed by atoms with van der Waals surface area (Å²) in [5.41, 5.74) is 0. The van der Waals surface area contributed by atoms with E-state index in [-0.39, 0.29) is 0 Å². The quantitative estimate of drug-likeness (QED) is 0.722. The molecule has 1 saturated heterocycles. The molecular formula is C14H23NO3. The molecule has 102 valence electrons. The van der Waals surface area contributed by atoms with E-state index in [1.807, 2.05) is 12.1 Å². The van der Waals surface area contributed by atoms with Gasteiger partial charge in [0.05, 0.1) is 18.5 Å². The molecule has 0 aromatic carbocycles. The van der Waals surface area contributed by atoms with Crippen LogP contribution < -0.4 is 5.32 Å². The van der Waals surface area contributed by atoms with Crippen LogP contribution in [0.2, 0.25) is 0 Å². The molecule has 0 saturated carbocycles. The van der Waals surface area contributed by atoms with Gasteiger partial charge in [0.1, 0.15) is 12.4 Å². The van der Waals surface area contributed by atoms with E-state index in [0.717, 1.165) is 31.9 Å². The van der Waals surface area contributed by atoms with Gasteiger partial charge in [-0.05, 0) is 44.9 Å². The Morgan fingerprint density at radius 3 is 3.11 bits per heavy atom. The topological polar surface area (TPSA) is 43.6 Å². The lowest BCUT2D eigenvalue weighted by Crippen LogP contribution is -2.28. The second-order valence-corrected chi connectivity index (χ2v) is 4.84. The van der Waals surface area contributed by atoms with Crippen LogP contribution in [-0.4, -0.2) is 31.9 Å². The highest BCUT2D eigenvalue weighted by atomic mass is 16.5. The predicted octanol–water partition coefficient (Wildman–Crippen LogP) is 2.34. The smallest absolute Gasteiger partial charge is 0.129 e. The van der Waals surface area contributed by atoms with Crippen LogP contribution in [0.25, 0.3) is 0 Å². The Morgan fingerprint density at radius 1 is 1.44 bits per heavy atom. The summed E-state index contributed by atoms with van der Waals surface area (Å²) in [6, 6.07) is 3.81. The van der Waals surface area contributed by atoms with Gasteiger partial charge in [-0.25, -0.2) is 0 Å². The van der Waals surface area contributed by atoms with Crippen LogP contribution in [0, 0.1) is 0 Å². The van der Waals surface area contributed by atoms with Crippen molar-refractivity contribution < 1.29 is 13.9 Å². The molecule has 4 heteroatoms. The third-order valence-corrected chi connectivity index (χ3v) is 3.16. The highest BCUT2D eigenvalue weighted by Gasteiger charge is 2.20. The number of hydrogen-bond acceptors (Lipinski definition) is 4. The van der Waals surface area contributed by atoms with Gasteiger partial charge in [-0.2, -0.15) is 0 Å². The second-order valence-electron chi connectivity index (χ2n) is 4.84. The van der Waals surface area contributed by atoms with Gasteiger partial charge in [0.15, 0.2) is 0 Å². The minimum atomic E-state index is 0.407. The summed E-state index contributed by atoms with van der Waals surface area (Å²) < 4.78 is 16.4. The van der Waals surface area contributed by atoms with E-state index >= 15 is 0 Å². The second kappa shape index (κ2) is 7.56. The lowest BCUT2D eigenvalue weighted by Gasteiger charge is -2.12. The standard InChI is InChI=1S/C14H23NO3/c1-12-5-6-13(18-12)10-15-7-3-8-16-11-14-4-2-9-17-14/h2,4,9,12-13,15H,3,5-8,10-11H2,1H3. The van der Waals surface area contributed by atoms with Crippen LogP contribution in [0.5, 0.6) is 0 Å². The molecule has 0 spiro atoms. The monoisotopic (exact) mass is 253 g/mol. The Kier molecular flexibility index (Phi) is 5.71. The van der Waals surface area contributed by atoms with Gasteiger partial charge in [-0.15, -0.1) is 0 Å². The van der Waals surface area contributed by atoms with Gasteiger partial charge in [0.2, 0.25) is 0 Å². The highest BCUT2D eigenvalue weighted by Crippen LogP contribution is 2.17. The number of ether oxygens (including phenoxy) is 2. The average molecular weight is 253 g/mol. The SMILES string of the molecule is CC1CCC(CNCCCOCc2ccco2)O1. The molecule has 2 rings (SSSR count). The zero-order valence-corrected chi connectivity index (χ0v) is 11.1. The third-order valence-electron chi connectivity index (χ3n) is 3.16. The van der Waals surface area contributed by atoms with Crippen LogP contribution in [0.4, 0.5) is 0 Å². The van der Waals surface area contributed by atoms with E-state index in [4.69, 9.17) is 13.9 Å². The van der Waals surface area contributed by atoms with E-state index in [2.05, 4.69) is 12.2 Å². The van der Waals surface area contributed by atoms with Crippen molar-refractivity contribution >= 4 is 0 Å². The Morgan fingerprint density at radius 2 is 2.39 bits per heavy atom. The summed E-state index contributed by atoms with van der Waals surface area (Å²) in [6.07, 6.45) is 5.91. The minimum Gasteiger partial charge on any atom is -0.467 e. The average Bonchev–Trinajstić information content (AvgIpc) is 3.00. The fourth-order valence-electron chi connectivity index (χ4n) is 2.17. The summed E-state index contributed by atoms with van der Waals surface area (Å²) in [6.45, 7) is 5.41. The first-order valence-corrected chi connectivity index (χ1v) is 6.81. The van der Waals surface area contributed by atoms with E-state index in [9.17, 15) is 0 Å². The molecule has 18 heavy (non-hydrogen) atoms. The van der Waals surface area contributed by atoms with Crippen LogP contribution in [0.1, 0.15) is 31.9 Å². The van der Waals surface area contributed by atoms with Gasteiger partial charge in [-0.3, -0.25) is 0 Å². The zero-order valence-electron chi connectivity index (χ0n) is 11.1. The molecular weight excluding hydrogens is 230 g/mol. The molecule has 1 N–H and O–H groups in total. The fraction of sp³-hybridized carbons (Fsp3) is 0.714. The first-order valence-electron chi connectivity index (χ1n) is 6.81. The van der Waals surface area contributed by atoms with Gasteiger partial charge in [0, 0.05) is 13.2 Å². The molecule has 2 heterocycles. The first-order chi connectivity index (χ1) is 8.84. The normalized spacial score (nSPS) is 23.6. The van der Waals surface area contributed by atoms with Crippen molar-refractivity contribution in [1.82, 2.24) is 5.32 Å². The first kappa shape index (κ1) is 13.6. The molecule has 0 radical (unpaired) electrons. The zero-order chi connectivity index (χ0) is 12.6. The summed E-state index contributed by atoms with van der Waals surface area (Å²) in [5, 5.41) is 3.41. The van der Waals surface area contributed by atoms with Gasteiger partial charge in [0.25, 0.3) is 0 Å². The maximum Gasteiger partial charge on any atom is 0.129 e. The van der Waals surface area contributed by atoms with Crippen molar-refractivity contribution in [2.24, 2.45) is 0 Å². The van der Waals surface area contributed by atoms with E-state index < -0.39 is 0 Å². The fourth-order valence-corrected chi connectivity index (χ4v) is 2.17. The predicted molar refractivity (Wildman–Crippen MR) is 69.4 cm³/mol. The Labute approximate surface area is 109 Å². The Balaban J connectivity index is 1.40. The van der Waals surface area contributed by atoms with Crippen molar-refractivity contribution in [2.45, 2.75) is 45.0 Å². The molecule has 0 aliphatic carbocycles. The minimum absolute atomic E-state index is 0.407. The maximum atomic E-state index is 5.73. The summed E-state index contributed by atoms with van der Waals surface area (Å²) in [4.78, 5) is 0. The van der Waals surface area contributed by atoms with Crippen LogP contribution in [0.15, 0.2) is 22.8 Å². The number of nitrogens with one attached hydrogen (secondary N) is 1. The maximum absolute atomic E-state index is 5.73. The van der Waals surface area contributed by atoms with Crippen molar-refractivity contribution in [3.05, 3.63) is 24.2 Å². The molecule has 2 atom stereocenters. The lowest BCUT2D eigenvalue weighted by atomic mass is 10.2. The van der Waals surface area contributed by atoms with Gasteiger partial charge >= 0.3 is 0 Å². The van der Waals surface area contributed by atoms with Crippen molar-refractivity contribution in [2.75, 3.05) is 19.7 Å². The van der Waals surface area contributed by atoms with Crippen molar-refractivity contribution in [3.8, 4) is 0 Å². The Hall–Kier alpha value is -0.840. The Bertz CT molecular complexity index is 313. The van der Waals surface area contributed by atoms with Crippen LogP contribution in [0.3, 0.4) is 0 Å². The molecule has 1 aromatic rings. The molecule has 4 nitrogen and oxygen atoms in total. The van der Waals surface area contributed by atoms with Crippen LogP contribution >= 0.6 is 0 Å². The summed E-state index contributed by atoms with van der Waals surface area (Å²) in [7, 11) is 0. The summed E-state index contributed by atoms with van der Waals surface area (Å²) >= 11 is 0. The van der Waals surface area contributed by atoms with Crippen LogP contribution in [-0.2, 0) is 16.1 Å². The molecule has 1 fully saturated rings. The van der Waals surface area contributed by atoms with Crippen molar-refractivity contribution in [1.29, 1.82) is 0 Å². The van der Waals surface area contributed by atoms with Gasteiger partial charge in [-0.1, -0.05) is 0 Å². The molecule has 1 aromatic heterocycles. The molecule has 0 amide bonds. The number of rotatable bonds is 8. The highest BCUT2D eigenvalue weighted by molar-refractivity contribution is 4.95. The van der Waals surface area contributed by atoms with E-state index in [1.165, 1.54) is 12.8 Å². The molecule has 2 unspecified atom stereocenters. The van der Waals surface area contributed by atoms with Gasteiger partial charge < -0.3 is 19.2 Å². The van der Waals surface area contributed by atoms with E-state index in [0.29, 0.717) is 18.8 Å².